The van der Waals surface area contributed by atoms with E-state index in [-0.39, 0.29) is 12.6 Å². The zero-order valence-corrected chi connectivity index (χ0v) is 11.4. The van der Waals surface area contributed by atoms with E-state index in [2.05, 4.69) is 17.2 Å². The van der Waals surface area contributed by atoms with Crippen LogP contribution in [-0.4, -0.2) is 49.5 Å². The van der Waals surface area contributed by atoms with Gasteiger partial charge in [-0.15, -0.1) is 0 Å². The van der Waals surface area contributed by atoms with Gasteiger partial charge in [0.05, 0.1) is 25.1 Å². The summed E-state index contributed by atoms with van der Waals surface area (Å²) in [5, 5.41) is 12.1. The number of hydrogen-bond acceptors (Lipinski definition) is 5. The highest BCUT2D eigenvalue weighted by molar-refractivity contribution is 5.49. The van der Waals surface area contributed by atoms with Crippen LogP contribution in [0.5, 0.6) is 0 Å². The van der Waals surface area contributed by atoms with Gasteiger partial charge >= 0.3 is 0 Å². The molecule has 1 aromatic rings. The van der Waals surface area contributed by atoms with Gasteiger partial charge in [-0.25, -0.2) is 4.98 Å². The number of pyridine rings is 1. The van der Waals surface area contributed by atoms with Crippen molar-refractivity contribution >= 4 is 11.5 Å². The van der Waals surface area contributed by atoms with Crippen LogP contribution in [0.15, 0.2) is 18.3 Å². The highest BCUT2D eigenvalue weighted by Crippen LogP contribution is 2.13. The zero-order chi connectivity index (χ0) is 13.4. The van der Waals surface area contributed by atoms with E-state index in [1.165, 1.54) is 0 Å². The van der Waals surface area contributed by atoms with E-state index in [0.717, 1.165) is 18.1 Å². The van der Waals surface area contributed by atoms with Gasteiger partial charge in [0, 0.05) is 26.2 Å². The maximum absolute atomic E-state index is 8.87. The molecule has 0 spiro atoms. The molecule has 1 unspecified atom stereocenters. The lowest BCUT2D eigenvalue weighted by Crippen LogP contribution is -2.23. The van der Waals surface area contributed by atoms with Crippen molar-refractivity contribution in [3.05, 3.63) is 18.3 Å². The summed E-state index contributed by atoms with van der Waals surface area (Å²) in [6.45, 7) is 6.19. The Kier molecular flexibility index (Phi) is 6.46. The van der Waals surface area contributed by atoms with E-state index in [0.29, 0.717) is 13.2 Å². The van der Waals surface area contributed by atoms with E-state index >= 15 is 0 Å². The molecule has 0 amide bonds. The molecule has 1 atom stereocenters. The van der Waals surface area contributed by atoms with Crippen LogP contribution < -0.4 is 10.2 Å². The highest BCUT2D eigenvalue weighted by atomic mass is 16.5. The average molecular weight is 253 g/mol. The minimum absolute atomic E-state index is 0.141. The molecule has 0 bridgehead atoms. The van der Waals surface area contributed by atoms with Gasteiger partial charge in [0.25, 0.3) is 0 Å². The molecule has 0 fully saturated rings. The number of anilines is 2. The van der Waals surface area contributed by atoms with Gasteiger partial charge in [0.1, 0.15) is 5.82 Å². The third-order valence-corrected chi connectivity index (χ3v) is 2.59. The van der Waals surface area contributed by atoms with E-state index in [9.17, 15) is 0 Å². The van der Waals surface area contributed by atoms with Crippen LogP contribution >= 0.6 is 0 Å². The second-order valence-electron chi connectivity index (χ2n) is 4.25. The van der Waals surface area contributed by atoms with Crippen molar-refractivity contribution in [2.24, 2.45) is 0 Å². The Bertz CT molecular complexity index is 330. The van der Waals surface area contributed by atoms with E-state index in [1.807, 2.05) is 31.0 Å². The topological polar surface area (TPSA) is 57.6 Å². The van der Waals surface area contributed by atoms with Crippen LogP contribution in [0.4, 0.5) is 11.5 Å². The first-order chi connectivity index (χ1) is 8.67. The maximum Gasteiger partial charge on any atom is 0.126 e. The summed E-state index contributed by atoms with van der Waals surface area (Å²) in [6, 6.07) is 4.16. The Hall–Kier alpha value is -1.33. The first kappa shape index (κ1) is 14.7. The smallest absolute Gasteiger partial charge is 0.126 e. The molecule has 0 radical (unpaired) electrons. The molecular formula is C13H23N3O2. The number of nitrogens with zero attached hydrogens (tertiary/aromatic N) is 2. The van der Waals surface area contributed by atoms with Gasteiger partial charge < -0.3 is 20.1 Å². The fourth-order valence-corrected chi connectivity index (χ4v) is 1.57. The Morgan fingerprint density at radius 3 is 2.83 bits per heavy atom. The Morgan fingerprint density at radius 1 is 1.50 bits per heavy atom. The van der Waals surface area contributed by atoms with Gasteiger partial charge in [-0.3, -0.25) is 0 Å². The van der Waals surface area contributed by atoms with Crippen molar-refractivity contribution in [1.82, 2.24) is 4.98 Å². The normalized spacial score (nSPS) is 12.2. The molecule has 0 aliphatic carbocycles. The van der Waals surface area contributed by atoms with E-state index in [1.54, 1.807) is 6.20 Å². The minimum Gasteiger partial charge on any atom is -0.395 e. The minimum atomic E-state index is 0.141. The quantitative estimate of drug-likeness (QED) is 0.732. The summed E-state index contributed by atoms with van der Waals surface area (Å²) in [4.78, 5) is 6.30. The van der Waals surface area contributed by atoms with Crippen LogP contribution in [0.2, 0.25) is 0 Å². The van der Waals surface area contributed by atoms with E-state index < -0.39 is 0 Å². The van der Waals surface area contributed by atoms with Crippen molar-refractivity contribution in [1.29, 1.82) is 0 Å². The van der Waals surface area contributed by atoms with Gasteiger partial charge in [-0.05, 0) is 26.0 Å². The number of aromatic nitrogens is 1. The van der Waals surface area contributed by atoms with Crippen LogP contribution in [0, 0.1) is 0 Å². The third-order valence-electron chi connectivity index (χ3n) is 2.59. The second kappa shape index (κ2) is 7.89. The number of hydrogen-bond donors (Lipinski definition) is 2. The lowest BCUT2D eigenvalue weighted by Gasteiger charge is -2.18. The summed E-state index contributed by atoms with van der Waals surface area (Å²) < 4.78 is 5.34. The molecule has 0 aliphatic heterocycles. The first-order valence-electron chi connectivity index (χ1n) is 6.29. The van der Waals surface area contributed by atoms with Crippen molar-refractivity contribution in [2.45, 2.75) is 19.9 Å². The highest BCUT2D eigenvalue weighted by Gasteiger charge is 2.04. The number of aliphatic hydroxyl groups is 1. The van der Waals surface area contributed by atoms with E-state index in [4.69, 9.17) is 9.84 Å². The number of likely N-dealkylation sites (N-methyl/N-ethyl adjacent to an activating group) is 1. The zero-order valence-electron chi connectivity index (χ0n) is 11.4. The summed E-state index contributed by atoms with van der Waals surface area (Å²) >= 11 is 0. The maximum atomic E-state index is 8.87. The predicted molar refractivity (Wildman–Crippen MR) is 74.2 cm³/mol. The summed E-state index contributed by atoms with van der Waals surface area (Å²) in [5.41, 5.74) is 0.993. The average Bonchev–Trinajstić information content (AvgIpc) is 2.37. The van der Waals surface area contributed by atoms with Gasteiger partial charge in [0.2, 0.25) is 0 Å². The van der Waals surface area contributed by atoms with Crippen molar-refractivity contribution in [2.75, 3.05) is 43.6 Å². The SMILES string of the molecule is CCOCC(C)Nc1ccc(N(C)CCO)cn1. The first-order valence-corrected chi connectivity index (χ1v) is 6.29. The van der Waals surface area contributed by atoms with Gasteiger partial charge in [-0.2, -0.15) is 0 Å². The molecule has 102 valence electrons. The van der Waals surface area contributed by atoms with Crippen LogP contribution in [-0.2, 0) is 4.74 Å². The van der Waals surface area contributed by atoms with Crippen LogP contribution in [0.3, 0.4) is 0 Å². The molecule has 0 saturated carbocycles. The monoisotopic (exact) mass is 253 g/mol. The summed E-state index contributed by atoms with van der Waals surface area (Å²) in [7, 11) is 1.93. The lowest BCUT2D eigenvalue weighted by molar-refractivity contribution is 0.141. The van der Waals surface area contributed by atoms with Crippen molar-refractivity contribution < 1.29 is 9.84 Å². The number of rotatable bonds is 8. The van der Waals surface area contributed by atoms with Gasteiger partial charge in [0.15, 0.2) is 0 Å². The summed E-state index contributed by atoms with van der Waals surface area (Å²) in [5.74, 6) is 0.836. The number of nitrogens with one attached hydrogen (secondary N) is 1. The molecule has 2 N–H and O–H groups in total. The Morgan fingerprint density at radius 2 is 2.28 bits per heavy atom. The summed E-state index contributed by atoms with van der Waals surface area (Å²) in [6.07, 6.45) is 1.80. The molecule has 0 saturated heterocycles. The lowest BCUT2D eigenvalue weighted by atomic mass is 10.3. The molecule has 0 aromatic carbocycles. The molecule has 5 heteroatoms. The van der Waals surface area contributed by atoms with Crippen LogP contribution in [0.1, 0.15) is 13.8 Å². The Labute approximate surface area is 109 Å². The predicted octanol–water partition coefficient (Wildman–Crippen LogP) is 1.35. The largest absolute Gasteiger partial charge is 0.395 e. The van der Waals surface area contributed by atoms with Crippen LogP contribution in [0.25, 0.3) is 0 Å². The van der Waals surface area contributed by atoms with Crippen molar-refractivity contribution in [3.8, 4) is 0 Å². The van der Waals surface area contributed by atoms with Gasteiger partial charge in [-0.1, -0.05) is 0 Å². The number of aliphatic hydroxyl groups excluding tert-OH is 1. The molecule has 0 aliphatic rings. The molecular weight excluding hydrogens is 230 g/mol. The molecule has 5 nitrogen and oxygen atoms in total. The second-order valence-corrected chi connectivity index (χ2v) is 4.25. The fraction of sp³-hybridized carbons (Fsp3) is 0.615. The third kappa shape index (κ3) is 4.89. The fourth-order valence-electron chi connectivity index (χ4n) is 1.57. The molecule has 18 heavy (non-hydrogen) atoms. The molecule has 1 rings (SSSR count). The molecule has 1 aromatic heterocycles. The number of ether oxygens (including phenoxy) is 1. The standard InChI is InChI=1S/C13H23N3O2/c1-4-18-10-11(2)15-13-6-5-12(9-14-13)16(3)7-8-17/h5-6,9,11,17H,4,7-8,10H2,1-3H3,(H,14,15). The van der Waals surface area contributed by atoms with Crippen molar-refractivity contribution in [3.63, 3.8) is 0 Å². The molecule has 1 heterocycles. The Balaban J connectivity index is 2.49.